The number of halogens is 1. The summed E-state index contributed by atoms with van der Waals surface area (Å²) in [5, 5.41) is 3.56. The fourth-order valence-corrected chi connectivity index (χ4v) is 4.97. The fourth-order valence-electron chi connectivity index (χ4n) is 4.97. The van der Waals surface area contributed by atoms with Gasteiger partial charge in [-0.1, -0.05) is 29.8 Å². The van der Waals surface area contributed by atoms with Crippen molar-refractivity contribution in [3.8, 4) is 0 Å². The van der Waals surface area contributed by atoms with Gasteiger partial charge in [-0.3, -0.25) is 14.8 Å². The molecule has 0 radical (unpaired) electrons. The van der Waals surface area contributed by atoms with Crippen molar-refractivity contribution in [1.82, 2.24) is 20.0 Å². The Balaban J connectivity index is 0.00000289. The molecule has 4 rings (SSSR count). The summed E-state index contributed by atoms with van der Waals surface area (Å²) in [7, 11) is 0. The Bertz CT molecular complexity index is 722. The molecule has 3 aliphatic rings. The van der Waals surface area contributed by atoms with Crippen LogP contribution in [-0.2, 0) is 9.47 Å². The number of hydrogen-bond acceptors (Lipinski definition) is 5. The normalized spacial score (nSPS) is 24.2. The average molecular weight is 558 g/mol. The molecule has 0 amide bonds. The van der Waals surface area contributed by atoms with Crippen LogP contribution < -0.4 is 5.32 Å². The summed E-state index contributed by atoms with van der Waals surface area (Å²) in [4.78, 5) is 12.7. The first-order valence-electron chi connectivity index (χ1n) is 12.0. The summed E-state index contributed by atoms with van der Waals surface area (Å²) < 4.78 is 11.2. The minimum absolute atomic E-state index is 0. The van der Waals surface area contributed by atoms with Gasteiger partial charge in [-0.2, -0.15) is 0 Å². The Morgan fingerprint density at radius 3 is 2.50 bits per heavy atom. The van der Waals surface area contributed by atoms with Gasteiger partial charge in [0.05, 0.1) is 39.0 Å². The van der Waals surface area contributed by atoms with Crippen molar-refractivity contribution in [1.29, 1.82) is 0 Å². The Labute approximate surface area is 210 Å². The maximum Gasteiger partial charge on any atom is 0.194 e. The van der Waals surface area contributed by atoms with Crippen LogP contribution in [0.3, 0.4) is 0 Å². The molecule has 3 heterocycles. The molecular formula is C24H40IN5O2. The number of likely N-dealkylation sites (tertiary alicyclic amines) is 1. The van der Waals surface area contributed by atoms with E-state index in [0.29, 0.717) is 6.04 Å². The lowest BCUT2D eigenvalue weighted by Crippen LogP contribution is -2.47. The van der Waals surface area contributed by atoms with Crippen molar-refractivity contribution in [3.05, 3.63) is 35.4 Å². The van der Waals surface area contributed by atoms with Gasteiger partial charge in [0.1, 0.15) is 0 Å². The number of aliphatic imine (C=N–C) groups is 1. The number of nitrogens with one attached hydrogen (secondary N) is 1. The maximum atomic E-state index is 5.61. The SMILES string of the molecule is CCNC(=NCC(c1cccc(C)c1)N1CCOCC1)N1CCC(N2CCOCC2)C1.I. The predicted molar refractivity (Wildman–Crippen MR) is 140 cm³/mol. The van der Waals surface area contributed by atoms with Gasteiger partial charge in [-0.05, 0) is 25.8 Å². The zero-order chi connectivity index (χ0) is 21.5. The molecule has 0 aliphatic carbocycles. The fraction of sp³-hybridized carbons (Fsp3) is 0.708. The van der Waals surface area contributed by atoms with Gasteiger partial charge < -0.3 is 19.7 Å². The number of benzene rings is 1. The second-order valence-corrected chi connectivity index (χ2v) is 8.81. The van der Waals surface area contributed by atoms with E-state index in [2.05, 4.69) is 58.1 Å². The topological polar surface area (TPSA) is 52.6 Å². The number of nitrogens with zero attached hydrogens (tertiary/aromatic N) is 4. The molecular weight excluding hydrogens is 517 g/mol. The highest BCUT2D eigenvalue weighted by atomic mass is 127. The summed E-state index contributed by atoms with van der Waals surface area (Å²) in [6.45, 7) is 15.5. The van der Waals surface area contributed by atoms with E-state index in [1.165, 1.54) is 17.5 Å². The average Bonchev–Trinajstić information content (AvgIpc) is 3.30. The van der Waals surface area contributed by atoms with Crippen LogP contribution in [0.25, 0.3) is 0 Å². The van der Waals surface area contributed by atoms with Crippen LogP contribution in [0.5, 0.6) is 0 Å². The lowest BCUT2D eigenvalue weighted by Gasteiger charge is -2.34. The molecule has 32 heavy (non-hydrogen) atoms. The molecule has 0 bridgehead atoms. The third kappa shape index (κ3) is 6.79. The Morgan fingerprint density at radius 2 is 1.81 bits per heavy atom. The van der Waals surface area contributed by atoms with Crippen LogP contribution in [0.4, 0.5) is 0 Å². The molecule has 1 N–H and O–H groups in total. The molecule has 3 saturated heterocycles. The highest BCUT2D eigenvalue weighted by molar-refractivity contribution is 14.0. The number of rotatable bonds is 6. The lowest BCUT2D eigenvalue weighted by molar-refractivity contribution is 0.0178. The molecule has 8 heteroatoms. The summed E-state index contributed by atoms with van der Waals surface area (Å²) in [5.74, 6) is 1.06. The summed E-state index contributed by atoms with van der Waals surface area (Å²) in [6.07, 6.45) is 1.20. The second kappa shape index (κ2) is 13.1. The van der Waals surface area contributed by atoms with Crippen molar-refractivity contribution in [2.75, 3.05) is 78.8 Å². The molecule has 7 nitrogen and oxygen atoms in total. The van der Waals surface area contributed by atoms with Gasteiger partial charge in [0.25, 0.3) is 0 Å². The van der Waals surface area contributed by atoms with Crippen LogP contribution in [0, 0.1) is 6.92 Å². The number of hydrogen-bond donors (Lipinski definition) is 1. The van der Waals surface area contributed by atoms with Crippen LogP contribution in [0.2, 0.25) is 0 Å². The van der Waals surface area contributed by atoms with Crippen LogP contribution >= 0.6 is 24.0 Å². The summed E-state index contributed by atoms with van der Waals surface area (Å²) >= 11 is 0. The van der Waals surface area contributed by atoms with E-state index in [-0.39, 0.29) is 30.0 Å². The number of morpholine rings is 2. The molecule has 3 aliphatic heterocycles. The lowest BCUT2D eigenvalue weighted by atomic mass is 10.0. The third-order valence-corrected chi connectivity index (χ3v) is 6.69. The molecule has 0 aromatic heterocycles. The maximum absolute atomic E-state index is 5.61. The van der Waals surface area contributed by atoms with Crippen molar-refractivity contribution < 1.29 is 9.47 Å². The van der Waals surface area contributed by atoms with Gasteiger partial charge in [-0.15, -0.1) is 24.0 Å². The molecule has 0 spiro atoms. The van der Waals surface area contributed by atoms with Gasteiger partial charge in [-0.25, -0.2) is 0 Å². The minimum atomic E-state index is 0. The van der Waals surface area contributed by atoms with Crippen LogP contribution in [0.1, 0.15) is 30.5 Å². The standard InChI is InChI=1S/C24H39N5O2.HI/c1-3-25-24(29-8-7-22(19-29)27-9-13-30-14-10-27)26-18-23(28-11-15-31-16-12-28)21-6-4-5-20(2)17-21;/h4-6,17,22-23H,3,7-16,18-19H2,1-2H3,(H,25,26);1H. The molecule has 2 unspecified atom stereocenters. The van der Waals surface area contributed by atoms with E-state index in [4.69, 9.17) is 14.5 Å². The largest absolute Gasteiger partial charge is 0.379 e. The molecule has 3 fully saturated rings. The van der Waals surface area contributed by atoms with Crippen molar-refractivity contribution in [3.63, 3.8) is 0 Å². The molecule has 1 aromatic rings. The smallest absolute Gasteiger partial charge is 0.194 e. The van der Waals surface area contributed by atoms with E-state index in [1.54, 1.807) is 0 Å². The summed E-state index contributed by atoms with van der Waals surface area (Å²) in [5.41, 5.74) is 2.66. The number of aryl methyl sites for hydroxylation is 1. The van der Waals surface area contributed by atoms with Gasteiger partial charge in [0, 0.05) is 51.9 Å². The van der Waals surface area contributed by atoms with Gasteiger partial charge in [0.15, 0.2) is 5.96 Å². The number of ether oxygens (including phenoxy) is 2. The van der Waals surface area contributed by atoms with E-state index < -0.39 is 0 Å². The Morgan fingerprint density at radius 1 is 1.09 bits per heavy atom. The minimum Gasteiger partial charge on any atom is -0.379 e. The van der Waals surface area contributed by atoms with E-state index >= 15 is 0 Å². The zero-order valence-electron chi connectivity index (χ0n) is 19.7. The van der Waals surface area contributed by atoms with Gasteiger partial charge >= 0.3 is 0 Å². The van der Waals surface area contributed by atoms with E-state index in [1.807, 2.05) is 0 Å². The summed E-state index contributed by atoms with van der Waals surface area (Å²) in [6, 6.07) is 9.80. The van der Waals surface area contributed by atoms with Crippen molar-refractivity contribution in [2.24, 2.45) is 4.99 Å². The Hall–Kier alpha value is -0.940. The first-order chi connectivity index (χ1) is 15.2. The second-order valence-electron chi connectivity index (χ2n) is 8.81. The monoisotopic (exact) mass is 557 g/mol. The first kappa shape index (κ1) is 25.7. The highest BCUT2D eigenvalue weighted by Gasteiger charge is 2.30. The van der Waals surface area contributed by atoms with Crippen LogP contribution in [0.15, 0.2) is 29.3 Å². The van der Waals surface area contributed by atoms with E-state index in [9.17, 15) is 0 Å². The molecule has 2 atom stereocenters. The number of guanidine groups is 1. The highest BCUT2D eigenvalue weighted by Crippen LogP contribution is 2.24. The third-order valence-electron chi connectivity index (χ3n) is 6.69. The first-order valence-corrected chi connectivity index (χ1v) is 12.0. The molecule has 1 aromatic carbocycles. The molecule has 0 saturated carbocycles. The quantitative estimate of drug-likeness (QED) is 0.330. The molecule has 180 valence electrons. The zero-order valence-corrected chi connectivity index (χ0v) is 22.0. The van der Waals surface area contributed by atoms with Crippen LogP contribution in [-0.4, -0.2) is 105 Å². The Kier molecular flexibility index (Phi) is 10.5. The van der Waals surface area contributed by atoms with Crippen molar-refractivity contribution >= 4 is 29.9 Å². The van der Waals surface area contributed by atoms with Gasteiger partial charge in [0.2, 0.25) is 0 Å². The predicted octanol–water partition coefficient (Wildman–Crippen LogP) is 2.36. The van der Waals surface area contributed by atoms with E-state index in [0.717, 1.165) is 84.7 Å². The van der Waals surface area contributed by atoms with Crippen molar-refractivity contribution in [2.45, 2.75) is 32.4 Å².